The van der Waals surface area contributed by atoms with Crippen molar-refractivity contribution in [1.29, 1.82) is 5.26 Å². The highest BCUT2D eigenvalue weighted by Gasteiger charge is 2.11. The number of halogens is 2. The molecule has 2 aromatic rings. The van der Waals surface area contributed by atoms with Gasteiger partial charge in [0.25, 0.3) is 5.91 Å². The number of rotatable bonds is 3. The fraction of sp³-hybridized carbons (Fsp3) is 0. The lowest BCUT2D eigenvalue weighted by molar-refractivity contribution is -0.112. The standard InChI is InChI=1S/C16H10BrClN2O/c17-13-6-2-4-8-15(13)20-16(21)12(10-19)9-11-5-1-3-7-14(11)18/h1-9H,(H,20,21)/b12-9+. The van der Waals surface area contributed by atoms with Gasteiger partial charge in [-0.1, -0.05) is 41.9 Å². The van der Waals surface area contributed by atoms with E-state index in [9.17, 15) is 4.79 Å². The van der Waals surface area contributed by atoms with Crippen LogP contribution < -0.4 is 5.32 Å². The normalized spacial score (nSPS) is 10.8. The Labute approximate surface area is 136 Å². The Morgan fingerprint density at radius 2 is 1.86 bits per heavy atom. The van der Waals surface area contributed by atoms with Crippen LogP contribution in [-0.2, 0) is 4.79 Å². The van der Waals surface area contributed by atoms with Crippen LogP contribution in [0.5, 0.6) is 0 Å². The summed E-state index contributed by atoms with van der Waals surface area (Å²) < 4.78 is 0.744. The number of nitrogens with zero attached hydrogens (tertiary/aromatic N) is 1. The van der Waals surface area contributed by atoms with Crippen LogP contribution in [0.1, 0.15) is 5.56 Å². The lowest BCUT2D eigenvalue weighted by Crippen LogP contribution is -2.13. The quantitative estimate of drug-likeness (QED) is 0.639. The first-order valence-electron chi connectivity index (χ1n) is 6.04. The Bertz CT molecular complexity index is 750. The third-order valence-electron chi connectivity index (χ3n) is 2.69. The summed E-state index contributed by atoms with van der Waals surface area (Å²) in [5.41, 5.74) is 1.21. The largest absolute Gasteiger partial charge is 0.320 e. The van der Waals surface area contributed by atoms with Gasteiger partial charge in [-0.3, -0.25) is 4.79 Å². The monoisotopic (exact) mass is 360 g/mol. The number of benzene rings is 2. The van der Waals surface area contributed by atoms with E-state index < -0.39 is 5.91 Å². The molecule has 0 unspecified atom stereocenters. The van der Waals surface area contributed by atoms with Gasteiger partial charge in [-0.15, -0.1) is 0 Å². The summed E-state index contributed by atoms with van der Waals surface area (Å²) in [6, 6.07) is 16.1. The van der Waals surface area contributed by atoms with E-state index >= 15 is 0 Å². The molecule has 1 N–H and O–H groups in total. The second-order valence-electron chi connectivity index (χ2n) is 4.13. The maximum atomic E-state index is 12.1. The summed E-state index contributed by atoms with van der Waals surface area (Å²) in [4.78, 5) is 12.1. The molecule has 0 saturated heterocycles. The molecule has 1 amide bonds. The molecule has 104 valence electrons. The Morgan fingerprint density at radius 1 is 1.19 bits per heavy atom. The van der Waals surface area contributed by atoms with E-state index in [0.29, 0.717) is 16.3 Å². The van der Waals surface area contributed by atoms with Crippen LogP contribution in [-0.4, -0.2) is 5.91 Å². The van der Waals surface area contributed by atoms with Crippen molar-refractivity contribution in [2.75, 3.05) is 5.32 Å². The van der Waals surface area contributed by atoms with Gasteiger partial charge in [0.15, 0.2) is 0 Å². The zero-order chi connectivity index (χ0) is 15.2. The van der Waals surface area contributed by atoms with E-state index in [1.54, 1.807) is 42.5 Å². The molecule has 0 aromatic heterocycles. The maximum Gasteiger partial charge on any atom is 0.266 e. The highest BCUT2D eigenvalue weighted by atomic mass is 79.9. The fourth-order valence-corrected chi connectivity index (χ4v) is 2.22. The first kappa shape index (κ1) is 15.3. The van der Waals surface area contributed by atoms with Crippen LogP contribution in [0, 0.1) is 11.3 Å². The Balaban J connectivity index is 2.26. The van der Waals surface area contributed by atoms with Crippen molar-refractivity contribution in [3.8, 4) is 6.07 Å². The molecule has 5 heteroatoms. The van der Waals surface area contributed by atoms with Crippen LogP contribution in [0.4, 0.5) is 5.69 Å². The molecule has 0 aliphatic rings. The number of nitriles is 1. The Kier molecular flexibility index (Phi) is 5.15. The summed E-state index contributed by atoms with van der Waals surface area (Å²) in [5, 5.41) is 12.3. The molecule has 3 nitrogen and oxygen atoms in total. The van der Waals surface area contributed by atoms with Crippen molar-refractivity contribution in [2.45, 2.75) is 0 Å². The maximum absolute atomic E-state index is 12.1. The molecule has 21 heavy (non-hydrogen) atoms. The first-order chi connectivity index (χ1) is 10.1. The third-order valence-corrected chi connectivity index (χ3v) is 3.73. The molecule has 0 fully saturated rings. The fourth-order valence-electron chi connectivity index (χ4n) is 1.65. The molecule has 0 aliphatic carbocycles. The van der Waals surface area contributed by atoms with Crippen LogP contribution >= 0.6 is 27.5 Å². The van der Waals surface area contributed by atoms with Gasteiger partial charge in [-0.2, -0.15) is 5.26 Å². The predicted molar refractivity (Wildman–Crippen MR) is 87.8 cm³/mol. The van der Waals surface area contributed by atoms with E-state index in [0.717, 1.165) is 4.47 Å². The Morgan fingerprint density at radius 3 is 2.52 bits per heavy atom. The van der Waals surface area contributed by atoms with Crippen molar-refractivity contribution < 1.29 is 4.79 Å². The van der Waals surface area contributed by atoms with Gasteiger partial charge in [0.05, 0.1) is 5.69 Å². The smallest absolute Gasteiger partial charge is 0.266 e. The number of para-hydroxylation sites is 1. The average molecular weight is 362 g/mol. The second-order valence-corrected chi connectivity index (χ2v) is 5.39. The molecule has 0 saturated carbocycles. The third kappa shape index (κ3) is 3.94. The second kappa shape index (κ2) is 7.07. The molecule has 0 atom stereocenters. The molecular weight excluding hydrogens is 352 g/mol. The Hall–Kier alpha value is -2.09. The van der Waals surface area contributed by atoms with E-state index in [-0.39, 0.29) is 5.57 Å². The lowest BCUT2D eigenvalue weighted by Gasteiger charge is -2.06. The number of carbonyl (C=O) groups excluding carboxylic acids is 1. The molecule has 0 spiro atoms. The summed E-state index contributed by atoms with van der Waals surface area (Å²) in [5.74, 6) is -0.482. The summed E-state index contributed by atoms with van der Waals surface area (Å²) in [7, 11) is 0. The number of carbonyl (C=O) groups is 1. The minimum atomic E-state index is -0.482. The number of amides is 1. The summed E-state index contributed by atoms with van der Waals surface area (Å²) in [6.07, 6.45) is 1.47. The van der Waals surface area contributed by atoms with Crippen LogP contribution in [0.3, 0.4) is 0 Å². The van der Waals surface area contributed by atoms with Crippen molar-refractivity contribution in [1.82, 2.24) is 0 Å². The highest BCUT2D eigenvalue weighted by molar-refractivity contribution is 9.10. The number of anilines is 1. The topological polar surface area (TPSA) is 52.9 Å². The van der Waals surface area contributed by atoms with Gasteiger partial charge >= 0.3 is 0 Å². The van der Waals surface area contributed by atoms with Crippen molar-refractivity contribution in [2.24, 2.45) is 0 Å². The molecule has 0 radical (unpaired) electrons. The zero-order valence-corrected chi connectivity index (χ0v) is 13.1. The van der Waals surface area contributed by atoms with Gasteiger partial charge in [-0.05, 0) is 45.8 Å². The van der Waals surface area contributed by atoms with Gasteiger partial charge in [0.1, 0.15) is 11.6 Å². The molecule has 0 heterocycles. The average Bonchev–Trinajstić information content (AvgIpc) is 2.48. The van der Waals surface area contributed by atoms with Crippen molar-refractivity contribution in [3.63, 3.8) is 0 Å². The van der Waals surface area contributed by atoms with Crippen LogP contribution in [0.2, 0.25) is 5.02 Å². The van der Waals surface area contributed by atoms with Gasteiger partial charge < -0.3 is 5.32 Å². The van der Waals surface area contributed by atoms with E-state index in [4.69, 9.17) is 16.9 Å². The van der Waals surface area contributed by atoms with E-state index in [1.165, 1.54) is 6.08 Å². The minimum absolute atomic E-state index is 0.0150. The number of nitrogens with one attached hydrogen (secondary N) is 1. The first-order valence-corrected chi connectivity index (χ1v) is 7.21. The van der Waals surface area contributed by atoms with E-state index in [1.807, 2.05) is 12.1 Å². The summed E-state index contributed by atoms with van der Waals surface area (Å²) in [6.45, 7) is 0. The minimum Gasteiger partial charge on any atom is -0.320 e. The number of hydrogen-bond donors (Lipinski definition) is 1. The molecule has 2 aromatic carbocycles. The van der Waals surface area contributed by atoms with E-state index in [2.05, 4.69) is 21.2 Å². The molecule has 0 aliphatic heterocycles. The zero-order valence-electron chi connectivity index (χ0n) is 10.8. The SMILES string of the molecule is N#C/C(=C\c1ccccc1Cl)C(=O)Nc1ccccc1Br. The molecular formula is C16H10BrClN2O. The molecule has 2 rings (SSSR count). The highest BCUT2D eigenvalue weighted by Crippen LogP contribution is 2.23. The predicted octanol–water partition coefficient (Wildman–Crippen LogP) is 4.65. The van der Waals surface area contributed by atoms with Crippen molar-refractivity contribution >= 4 is 45.2 Å². The van der Waals surface area contributed by atoms with Crippen LogP contribution in [0.15, 0.2) is 58.6 Å². The lowest BCUT2D eigenvalue weighted by atomic mass is 10.1. The number of hydrogen-bond acceptors (Lipinski definition) is 2. The summed E-state index contributed by atoms with van der Waals surface area (Å²) >= 11 is 9.36. The van der Waals surface area contributed by atoms with Crippen LogP contribution in [0.25, 0.3) is 6.08 Å². The van der Waals surface area contributed by atoms with Gasteiger partial charge in [0.2, 0.25) is 0 Å². The molecule has 0 bridgehead atoms. The van der Waals surface area contributed by atoms with Gasteiger partial charge in [-0.25, -0.2) is 0 Å². The van der Waals surface area contributed by atoms with Crippen molar-refractivity contribution in [3.05, 3.63) is 69.2 Å². The van der Waals surface area contributed by atoms with Gasteiger partial charge in [0, 0.05) is 9.50 Å².